The van der Waals surface area contributed by atoms with E-state index in [9.17, 15) is 0 Å². The second-order valence-corrected chi connectivity index (χ2v) is 5.53. The van der Waals surface area contributed by atoms with Gasteiger partial charge >= 0.3 is 0 Å². The summed E-state index contributed by atoms with van der Waals surface area (Å²) in [5.41, 5.74) is 0.693. The molecule has 5 heteroatoms. The van der Waals surface area contributed by atoms with Gasteiger partial charge in [0.1, 0.15) is 16.7 Å². The van der Waals surface area contributed by atoms with E-state index < -0.39 is 0 Å². The van der Waals surface area contributed by atoms with E-state index in [-0.39, 0.29) is 0 Å². The first-order valence-electron chi connectivity index (χ1n) is 4.20. The molecule has 0 saturated heterocycles. The smallest absolute Gasteiger partial charge is 0.129 e. The van der Waals surface area contributed by atoms with Gasteiger partial charge in [0.2, 0.25) is 0 Å². The minimum atomic E-state index is 0.693. The Balaban J connectivity index is 2.80. The van der Waals surface area contributed by atoms with Gasteiger partial charge in [-0.25, -0.2) is 0 Å². The topological polar surface area (TPSA) is 36.7 Å². The summed E-state index contributed by atoms with van der Waals surface area (Å²) < 4.78 is 5.23. The minimum absolute atomic E-state index is 0.693. The van der Waals surface area contributed by atoms with Crippen molar-refractivity contribution in [3.63, 3.8) is 0 Å². The number of hydrogen-bond acceptors (Lipinski definition) is 5. The van der Waals surface area contributed by atoms with Crippen molar-refractivity contribution >= 4 is 35.1 Å². The van der Waals surface area contributed by atoms with Crippen molar-refractivity contribution in [2.45, 2.75) is 9.24 Å². The van der Waals surface area contributed by atoms with E-state index in [1.165, 1.54) is 11.5 Å². The summed E-state index contributed by atoms with van der Waals surface area (Å²) in [6.45, 7) is 7.29. The Bertz CT molecular complexity index is 360. The van der Waals surface area contributed by atoms with Crippen LogP contribution in [0, 0.1) is 11.3 Å². The normalized spacial score (nSPS) is 9.53. The van der Waals surface area contributed by atoms with Crippen molar-refractivity contribution in [1.29, 1.82) is 5.26 Å². The summed E-state index contributed by atoms with van der Waals surface area (Å²) in [5.74, 6) is 1.59. The van der Waals surface area contributed by atoms with Gasteiger partial charge in [0.05, 0.1) is 4.21 Å². The first kappa shape index (κ1) is 12.4. The van der Waals surface area contributed by atoms with Crippen LogP contribution in [0.3, 0.4) is 0 Å². The molecule has 0 aliphatic heterocycles. The van der Waals surface area contributed by atoms with Crippen molar-refractivity contribution in [2.75, 3.05) is 11.5 Å². The average Bonchev–Trinajstić information content (AvgIpc) is 2.65. The number of rotatable bonds is 6. The quantitative estimate of drug-likeness (QED) is 0.574. The molecule has 0 atom stereocenters. The summed E-state index contributed by atoms with van der Waals surface area (Å²) in [7, 11) is 0. The highest BCUT2D eigenvalue weighted by Gasteiger charge is 2.13. The number of aromatic nitrogens is 1. The molecule has 0 aromatic carbocycles. The second-order valence-electron chi connectivity index (χ2n) is 2.46. The van der Waals surface area contributed by atoms with E-state index in [0.29, 0.717) is 5.56 Å². The molecule has 0 aliphatic rings. The molecule has 0 fully saturated rings. The highest BCUT2D eigenvalue weighted by atomic mass is 32.2. The molecule has 0 unspecified atom stereocenters. The molecule has 1 rings (SSSR count). The molecule has 0 saturated carbocycles. The third-order valence-electron chi connectivity index (χ3n) is 1.41. The molecular formula is C10H10N2S3. The third kappa shape index (κ3) is 3.42. The largest absolute Gasteiger partial charge is 0.192 e. The molecule has 0 N–H and O–H groups in total. The zero-order chi connectivity index (χ0) is 11.1. The summed E-state index contributed by atoms with van der Waals surface area (Å²) >= 11 is 4.53. The lowest BCUT2D eigenvalue weighted by Gasteiger charge is -1.94. The maximum Gasteiger partial charge on any atom is 0.129 e. The van der Waals surface area contributed by atoms with Gasteiger partial charge < -0.3 is 0 Å². The van der Waals surface area contributed by atoms with Crippen molar-refractivity contribution in [3.05, 3.63) is 30.9 Å². The van der Waals surface area contributed by atoms with Crippen LogP contribution in [0.25, 0.3) is 0 Å². The van der Waals surface area contributed by atoms with Gasteiger partial charge in [-0.3, -0.25) is 0 Å². The third-order valence-corrected chi connectivity index (χ3v) is 4.59. The first-order valence-corrected chi connectivity index (χ1v) is 6.95. The van der Waals surface area contributed by atoms with Gasteiger partial charge in [0.25, 0.3) is 0 Å². The lowest BCUT2D eigenvalue weighted by molar-refractivity contribution is 1.23. The minimum Gasteiger partial charge on any atom is -0.192 e. The number of nitriles is 1. The summed E-state index contributed by atoms with van der Waals surface area (Å²) in [5, 5.41) is 9.84. The van der Waals surface area contributed by atoms with Gasteiger partial charge in [-0.15, -0.1) is 24.9 Å². The van der Waals surface area contributed by atoms with Crippen LogP contribution in [0.15, 0.2) is 34.5 Å². The molecule has 0 bridgehead atoms. The van der Waals surface area contributed by atoms with Gasteiger partial charge in [0, 0.05) is 11.5 Å². The molecule has 0 aliphatic carbocycles. The lowest BCUT2D eigenvalue weighted by atomic mass is 10.4. The maximum absolute atomic E-state index is 9.03. The van der Waals surface area contributed by atoms with Crippen molar-refractivity contribution in [3.8, 4) is 6.07 Å². The number of hydrogen-bond donors (Lipinski definition) is 0. The number of nitrogens with zero attached hydrogens (tertiary/aromatic N) is 2. The van der Waals surface area contributed by atoms with Crippen LogP contribution in [0.4, 0.5) is 0 Å². The molecule has 0 amide bonds. The molecule has 1 heterocycles. The summed E-state index contributed by atoms with van der Waals surface area (Å²) in [6.07, 6.45) is 3.63. The van der Waals surface area contributed by atoms with Crippen LogP contribution < -0.4 is 0 Å². The fourth-order valence-corrected chi connectivity index (χ4v) is 3.42. The second kappa shape index (κ2) is 6.72. The summed E-state index contributed by atoms with van der Waals surface area (Å²) in [6, 6.07) is 2.20. The van der Waals surface area contributed by atoms with Crippen LogP contribution in [0.2, 0.25) is 0 Å². The standard InChI is InChI=1S/C10H10N2S3/c1-3-5-13-9-8(7-11)10(15-12-9)14-6-4-2/h3-4H,1-2,5-6H2. The molecule has 78 valence electrons. The van der Waals surface area contributed by atoms with Gasteiger partial charge in [-0.2, -0.15) is 9.64 Å². The molecule has 1 aromatic heterocycles. The van der Waals surface area contributed by atoms with E-state index in [2.05, 4.69) is 23.6 Å². The predicted octanol–water partition coefficient (Wildman–Crippen LogP) is 3.57. The molecule has 2 nitrogen and oxygen atoms in total. The Labute approximate surface area is 102 Å². The highest BCUT2D eigenvalue weighted by Crippen LogP contribution is 2.34. The molecule has 15 heavy (non-hydrogen) atoms. The Kier molecular flexibility index (Phi) is 5.54. The Hall–Kier alpha value is -0.700. The first-order chi connectivity index (χ1) is 7.33. The summed E-state index contributed by atoms with van der Waals surface area (Å²) in [4.78, 5) is 0. The Morgan fingerprint density at radius 3 is 2.60 bits per heavy atom. The zero-order valence-corrected chi connectivity index (χ0v) is 10.6. The van der Waals surface area contributed by atoms with Crippen molar-refractivity contribution in [2.24, 2.45) is 0 Å². The number of thioether (sulfide) groups is 2. The van der Waals surface area contributed by atoms with E-state index in [4.69, 9.17) is 5.26 Å². The van der Waals surface area contributed by atoms with Gasteiger partial charge in [-0.05, 0) is 11.5 Å². The van der Waals surface area contributed by atoms with Crippen LogP contribution in [0.5, 0.6) is 0 Å². The van der Waals surface area contributed by atoms with Crippen molar-refractivity contribution in [1.82, 2.24) is 4.37 Å². The van der Waals surface area contributed by atoms with Crippen LogP contribution in [-0.4, -0.2) is 15.9 Å². The predicted molar refractivity (Wildman–Crippen MR) is 68.7 cm³/mol. The van der Waals surface area contributed by atoms with E-state index in [0.717, 1.165) is 20.7 Å². The highest BCUT2D eigenvalue weighted by molar-refractivity contribution is 8.01. The maximum atomic E-state index is 9.03. The Morgan fingerprint density at radius 2 is 2.00 bits per heavy atom. The van der Waals surface area contributed by atoms with Crippen LogP contribution in [0.1, 0.15) is 5.56 Å². The molecule has 0 radical (unpaired) electrons. The molecule has 1 aromatic rings. The fourth-order valence-electron chi connectivity index (χ4n) is 0.824. The Morgan fingerprint density at radius 1 is 1.33 bits per heavy atom. The lowest BCUT2D eigenvalue weighted by Crippen LogP contribution is -1.79. The SMILES string of the molecule is C=CCSc1nsc(SCC=C)c1C#N. The molecular weight excluding hydrogens is 244 g/mol. The van der Waals surface area contributed by atoms with E-state index in [1.54, 1.807) is 23.5 Å². The van der Waals surface area contributed by atoms with Crippen LogP contribution >= 0.6 is 35.1 Å². The monoisotopic (exact) mass is 254 g/mol. The van der Waals surface area contributed by atoms with Gasteiger partial charge in [-0.1, -0.05) is 23.9 Å². The molecule has 0 spiro atoms. The zero-order valence-electron chi connectivity index (χ0n) is 8.10. The fraction of sp³-hybridized carbons (Fsp3) is 0.200. The van der Waals surface area contributed by atoms with E-state index >= 15 is 0 Å². The van der Waals surface area contributed by atoms with E-state index in [1.807, 2.05) is 12.2 Å². The van der Waals surface area contributed by atoms with Crippen molar-refractivity contribution < 1.29 is 0 Å². The van der Waals surface area contributed by atoms with Gasteiger partial charge in [0.15, 0.2) is 0 Å². The average molecular weight is 254 g/mol. The van der Waals surface area contributed by atoms with Crippen LogP contribution in [-0.2, 0) is 0 Å².